The Labute approximate surface area is 119 Å². The Morgan fingerprint density at radius 3 is 2.80 bits per heavy atom. The lowest BCUT2D eigenvalue weighted by atomic mass is 10.0. The Morgan fingerprint density at radius 1 is 1.30 bits per heavy atom. The van der Waals surface area contributed by atoms with Crippen LogP contribution in [0.25, 0.3) is 11.3 Å². The van der Waals surface area contributed by atoms with Gasteiger partial charge in [-0.25, -0.2) is 9.97 Å². The van der Waals surface area contributed by atoms with E-state index in [-0.39, 0.29) is 0 Å². The number of ether oxygens (including phenoxy) is 1. The van der Waals surface area contributed by atoms with Gasteiger partial charge >= 0.3 is 0 Å². The second-order valence-corrected chi connectivity index (χ2v) is 5.04. The van der Waals surface area contributed by atoms with E-state index in [1.54, 1.807) is 7.11 Å². The molecule has 20 heavy (non-hydrogen) atoms. The first kappa shape index (κ1) is 13.1. The number of hydrogen-bond donors (Lipinski definition) is 1. The number of hydrogen-bond acceptors (Lipinski definition) is 4. The van der Waals surface area contributed by atoms with Crippen molar-refractivity contribution in [2.45, 2.75) is 19.3 Å². The van der Waals surface area contributed by atoms with E-state index in [1.165, 1.54) is 5.56 Å². The summed E-state index contributed by atoms with van der Waals surface area (Å²) in [5.41, 5.74) is 3.27. The fourth-order valence-corrected chi connectivity index (χ4v) is 2.37. The standard InChI is InChI=1S/C16H19N3O/c1-3-11-4-5-15(20-2)13(8-11)14-6-7-18-16(19-14)12-9-17-10-12/h4-8,12,17H,3,9-10H2,1-2H3. The lowest BCUT2D eigenvalue weighted by Crippen LogP contribution is -2.40. The van der Waals surface area contributed by atoms with Crippen LogP contribution in [0, 0.1) is 0 Å². The van der Waals surface area contributed by atoms with Gasteiger partial charge in [0.05, 0.1) is 12.8 Å². The largest absolute Gasteiger partial charge is 0.496 e. The van der Waals surface area contributed by atoms with Crippen molar-refractivity contribution >= 4 is 0 Å². The summed E-state index contributed by atoms with van der Waals surface area (Å²) in [5.74, 6) is 2.22. The van der Waals surface area contributed by atoms with E-state index in [4.69, 9.17) is 9.72 Å². The molecule has 1 saturated heterocycles. The fraction of sp³-hybridized carbons (Fsp3) is 0.375. The number of rotatable bonds is 4. The molecule has 1 N–H and O–H groups in total. The van der Waals surface area contributed by atoms with Gasteiger partial charge < -0.3 is 10.1 Å². The second-order valence-electron chi connectivity index (χ2n) is 5.04. The highest BCUT2D eigenvalue weighted by Gasteiger charge is 2.22. The molecule has 1 aliphatic rings. The van der Waals surface area contributed by atoms with E-state index in [9.17, 15) is 0 Å². The molecular weight excluding hydrogens is 250 g/mol. The third-order valence-electron chi connectivity index (χ3n) is 3.77. The molecule has 0 amide bonds. The number of benzene rings is 1. The van der Waals surface area contributed by atoms with Gasteiger partial charge in [0, 0.05) is 30.8 Å². The molecule has 0 atom stereocenters. The average Bonchev–Trinajstić information content (AvgIpc) is 2.45. The summed E-state index contributed by atoms with van der Waals surface area (Å²) in [4.78, 5) is 9.11. The molecule has 104 valence electrons. The molecule has 0 aliphatic carbocycles. The van der Waals surface area contributed by atoms with Gasteiger partial charge in [0.2, 0.25) is 0 Å². The van der Waals surface area contributed by atoms with Crippen molar-refractivity contribution in [3.63, 3.8) is 0 Å². The van der Waals surface area contributed by atoms with E-state index in [1.807, 2.05) is 18.3 Å². The fourth-order valence-electron chi connectivity index (χ4n) is 2.37. The highest BCUT2D eigenvalue weighted by Crippen LogP contribution is 2.30. The minimum Gasteiger partial charge on any atom is -0.496 e. The van der Waals surface area contributed by atoms with Crippen molar-refractivity contribution in [1.82, 2.24) is 15.3 Å². The first-order valence-electron chi connectivity index (χ1n) is 7.02. The molecule has 0 saturated carbocycles. The van der Waals surface area contributed by atoms with E-state index in [2.05, 4.69) is 29.4 Å². The maximum absolute atomic E-state index is 5.47. The van der Waals surface area contributed by atoms with Crippen LogP contribution in [-0.2, 0) is 6.42 Å². The first-order valence-corrected chi connectivity index (χ1v) is 7.02. The van der Waals surface area contributed by atoms with Gasteiger partial charge in [0.25, 0.3) is 0 Å². The van der Waals surface area contributed by atoms with Crippen molar-refractivity contribution in [2.24, 2.45) is 0 Å². The van der Waals surface area contributed by atoms with Crippen LogP contribution in [0.5, 0.6) is 5.75 Å². The number of nitrogens with one attached hydrogen (secondary N) is 1. The maximum atomic E-state index is 5.47. The van der Waals surface area contributed by atoms with Crippen molar-refractivity contribution in [3.8, 4) is 17.0 Å². The molecule has 4 nitrogen and oxygen atoms in total. The number of nitrogens with zero attached hydrogens (tertiary/aromatic N) is 2. The second kappa shape index (κ2) is 5.59. The summed E-state index contributed by atoms with van der Waals surface area (Å²) >= 11 is 0. The summed E-state index contributed by atoms with van der Waals surface area (Å²) in [6, 6.07) is 8.22. The Kier molecular flexibility index (Phi) is 3.65. The maximum Gasteiger partial charge on any atom is 0.134 e. The smallest absolute Gasteiger partial charge is 0.134 e. The van der Waals surface area contributed by atoms with E-state index >= 15 is 0 Å². The lowest BCUT2D eigenvalue weighted by Gasteiger charge is -2.25. The van der Waals surface area contributed by atoms with Gasteiger partial charge in [-0.3, -0.25) is 0 Å². The van der Waals surface area contributed by atoms with E-state index < -0.39 is 0 Å². The van der Waals surface area contributed by atoms with Gasteiger partial charge in [0.1, 0.15) is 11.6 Å². The Bertz CT molecular complexity index is 608. The highest BCUT2D eigenvalue weighted by molar-refractivity contribution is 5.68. The lowest BCUT2D eigenvalue weighted by molar-refractivity contribution is 0.415. The molecule has 1 aliphatic heterocycles. The van der Waals surface area contributed by atoms with Crippen LogP contribution in [0.4, 0.5) is 0 Å². The topological polar surface area (TPSA) is 47.0 Å². The van der Waals surface area contributed by atoms with Crippen molar-refractivity contribution in [3.05, 3.63) is 41.9 Å². The average molecular weight is 269 g/mol. The zero-order valence-electron chi connectivity index (χ0n) is 11.9. The summed E-state index contributed by atoms with van der Waals surface area (Å²) < 4.78 is 5.47. The first-order chi connectivity index (χ1) is 9.81. The molecule has 1 aromatic carbocycles. The Balaban J connectivity index is 2.02. The summed E-state index contributed by atoms with van der Waals surface area (Å²) in [6.45, 7) is 4.09. The summed E-state index contributed by atoms with van der Waals surface area (Å²) in [7, 11) is 1.70. The van der Waals surface area contributed by atoms with Crippen LogP contribution in [-0.4, -0.2) is 30.2 Å². The molecule has 0 spiro atoms. The van der Waals surface area contributed by atoms with Gasteiger partial charge in [-0.1, -0.05) is 13.0 Å². The molecule has 3 rings (SSSR count). The normalized spacial score (nSPS) is 14.9. The molecule has 0 radical (unpaired) electrons. The predicted molar refractivity (Wildman–Crippen MR) is 79.0 cm³/mol. The number of methoxy groups -OCH3 is 1. The van der Waals surface area contributed by atoms with Crippen LogP contribution in [0.2, 0.25) is 0 Å². The van der Waals surface area contributed by atoms with Crippen LogP contribution in [0.3, 0.4) is 0 Å². The van der Waals surface area contributed by atoms with Gasteiger partial charge in [-0.2, -0.15) is 0 Å². The monoisotopic (exact) mass is 269 g/mol. The minimum absolute atomic E-state index is 0.440. The van der Waals surface area contributed by atoms with Crippen molar-refractivity contribution < 1.29 is 4.74 Å². The third kappa shape index (κ3) is 2.39. The molecular formula is C16H19N3O. The predicted octanol–water partition coefficient (Wildman–Crippen LogP) is 2.40. The third-order valence-corrected chi connectivity index (χ3v) is 3.77. The van der Waals surface area contributed by atoms with E-state index in [0.717, 1.165) is 42.3 Å². The number of aromatic nitrogens is 2. The molecule has 1 aromatic heterocycles. The van der Waals surface area contributed by atoms with Crippen LogP contribution in [0.1, 0.15) is 24.2 Å². The molecule has 2 heterocycles. The van der Waals surface area contributed by atoms with Gasteiger partial charge in [0.15, 0.2) is 0 Å². The zero-order chi connectivity index (χ0) is 13.9. The van der Waals surface area contributed by atoms with E-state index in [0.29, 0.717) is 5.92 Å². The van der Waals surface area contributed by atoms with Crippen LogP contribution < -0.4 is 10.1 Å². The summed E-state index contributed by atoms with van der Waals surface area (Å²) in [6.07, 6.45) is 2.84. The Morgan fingerprint density at radius 2 is 2.15 bits per heavy atom. The molecule has 0 unspecified atom stereocenters. The van der Waals surface area contributed by atoms with Crippen molar-refractivity contribution in [2.75, 3.05) is 20.2 Å². The Hall–Kier alpha value is -1.94. The minimum atomic E-state index is 0.440. The molecule has 4 heteroatoms. The molecule has 1 fully saturated rings. The molecule has 2 aromatic rings. The van der Waals surface area contributed by atoms with Gasteiger partial charge in [-0.05, 0) is 30.2 Å². The quantitative estimate of drug-likeness (QED) is 0.926. The highest BCUT2D eigenvalue weighted by atomic mass is 16.5. The summed E-state index contributed by atoms with van der Waals surface area (Å²) in [5, 5.41) is 3.26. The zero-order valence-corrected chi connectivity index (χ0v) is 11.9. The van der Waals surface area contributed by atoms with Crippen LogP contribution >= 0.6 is 0 Å². The van der Waals surface area contributed by atoms with Crippen molar-refractivity contribution in [1.29, 1.82) is 0 Å². The number of aryl methyl sites for hydroxylation is 1. The van der Waals surface area contributed by atoms with Crippen LogP contribution in [0.15, 0.2) is 30.5 Å². The molecule has 0 bridgehead atoms. The SMILES string of the molecule is CCc1ccc(OC)c(-c2ccnc(C3CNC3)n2)c1. The van der Waals surface area contributed by atoms with Gasteiger partial charge in [-0.15, -0.1) is 0 Å².